The van der Waals surface area contributed by atoms with Crippen molar-refractivity contribution in [2.75, 3.05) is 26.8 Å². The molecule has 0 aromatic heterocycles. The first-order chi connectivity index (χ1) is 10.3. The quantitative estimate of drug-likeness (QED) is 0.844. The lowest BCUT2D eigenvalue weighted by molar-refractivity contribution is -0.00259. The Kier molecular flexibility index (Phi) is 6.75. The number of hydrogen-bond acceptors (Lipinski definition) is 3. The van der Waals surface area contributed by atoms with Gasteiger partial charge in [0.15, 0.2) is 0 Å². The Morgan fingerprint density at radius 2 is 2.10 bits per heavy atom. The van der Waals surface area contributed by atoms with Gasteiger partial charge in [-0.3, -0.25) is 4.90 Å². The molecule has 0 saturated carbocycles. The van der Waals surface area contributed by atoms with Crippen LogP contribution in [0.4, 0.5) is 0 Å². The maximum Gasteiger partial charge on any atom is 0.0702 e. The van der Waals surface area contributed by atoms with Crippen LogP contribution in [0.1, 0.15) is 36.8 Å². The molecule has 3 heteroatoms. The van der Waals surface area contributed by atoms with Gasteiger partial charge < -0.3 is 9.84 Å². The molecule has 2 rings (SSSR count). The number of nitrogens with zero attached hydrogens (tertiary/aromatic N) is 1. The van der Waals surface area contributed by atoms with Crippen molar-refractivity contribution in [2.45, 2.75) is 38.3 Å². The van der Waals surface area contributed by atoms with E-state index >= 15 is 0 Å². The molecule has 1 aliphatic heterocycles. The van der Waals surface area contributed by atoms with Crippen LogP contribution < -0.4 is 0 Å². The second-order valence-corrected chi connectivity index (χ2v) is 5.66. The number of hydrogen-bond donors (Lipinski definition) is 1. The average molecular weight is 287 g/mol. The van der Waals surface area contributed by atoms with Gasteiger partial charge in [0.1, 0.15) is 0 Å². The molecule has 21 heavy (non-hydrogen) atoms. The summed E-state index contributed by atoms with van der Waals surface area (Å²) in [5.41, 5.74) is 2.30. The minimum absolute atomic E-state index is 0.124. The lowest BCUT2D eigenvalue weighted by Gasteiger charge is -2.27. The highest BCUT2D eigenvalue weighted by Gasteiger charge is 2.15. The summed E-state index contributed by atoms with van der Waals surface area (Å²) >= 11 is 0. The van der Waals surface area contributed by atoms with Crippen molar-refractivity contribution in [1.82, 2.24) is 4.90 Å². The zero-order valence-corrected chi connectivity index (χ0v) is 12.8. The van der Waals surface area contributed by atoms with Crippen molar-refractivity contribution in [3.63, 3.8) is 0 Å². The van der Waals surface area contributed by atoms with E-state index in [4.69, 9.17) is 9.84 Å². The molecule has 0 bridgehead atoms. The van der Waals surface area contributed by atoms with Gasteiger partial charge in [0.05, 0.1) is 12.7 Å². The Morgan fingerprint density at radius 3 is 2.76 bits per heavy atom. The van der Waals surface area contributed by atoms with Gasteiger partial charge in [0.25, 0.3) is 0 Å². The van der Waals surface area contributed by atoms with Crippen LogP contribution in [0, 0.1) is 11.8 Å². The Labute approximate surface area is 127 Å². The van der Waals surface area contributed by atoms with E-state index < -0.39 is 0 Å². The van der Waals surface area contributed by atoms with Crippen LogP contribution >= 0.6 is 0 Å². The molecular formula is C18H25NO2. The lowest BCUT2D eigenvalue weighted by Crippen LogP contribution is -2.33. The molecule has 1 aromatic carbocycles. The highest BCUT2D eigenvalue weighted by Crippen LogP contribution is 2.14. The van der Waals surface area contributed by atoms with E-state index in [1.807, 2.05) is 12.1 Å². The third-order valence-electron chi connectivity index (χ3n) is 3.67. The fourth-order valence-electron chi connectivity index (χ4n) is 2.59. The SMILES string of the molecule is CN(Cc1ccc(C#CCCO)cc1)C[C@@H]1CCCCO1. The van der Waals surface area contributed by atoms with E-state index in [1.165, 1.54) is 24.8 Å². The third-order valence-corrected chi connectivity index (χ3v) is 3.67. The van der Waals surface area contributed by atoms with E-state index in [0.717, 1.165) is 25.3 Å². The topological polar surface area (TPSA) is 32.7 Å². The van der Waals surface area contributed by atoms with Crippen LogP contribution in [0.15, 0.2) is 24.3 Å². The van der Waals surface area contributed by atoms with Gasteiger partial charge in [-0.15, -0.1) is 0 Å². The monoisotopic (exact) mass is 287 g/mol. The third kappa shape index (κ3) is 5.89. The summed E-state index contributed by atoms with van der Waals surface area (Å²) in [4.78, 5) is 2.32. The highest BCUT2D eigenvalue weighted by atomic mass is 16.5. The first-order valence-corrected chi connectivity index (χ1v) is 7.77. The fraction of sp³-hybridized carbons (Fsp3) is 0.556. The molecule has 0 unspecified atom stereocenters. The van der Waals surface area contributed by atoms with Crippen molar-refractivity contribution in [3.8, 4) is 11.8 Å². The Hall–Kier alpha value is -1.34. The molecule has 0 aliphatic carbocycles. The van der Waals surface area contributed by atoms with Crippen LogP contribution in [-0.4, -0.2) is 42.9 Å². The van der Waals surface area contributed by atoms with Crippen LogP contribution in [0.3, 0.4) is 0 Å². The zero-order valence-electron chi connectivity index (χ0n) is 12.8. The molecular weight excluding hydrogens is 262 g/mol. The largest absolute Gasteiger partial charge is 0.395 e. The molecule has 3 nitrogen and oxygen atoms in total. The Morgan fingerprint density at radius 1 is 1.29 bits per heavy atom. The molecule has 1 N–H and O–H groups in total. The predicted octanol–water partition coefficient (Wildman–Crippen LogP) is 2.42. The molecule has 1 heterocycles. The van der Waals surface area contributed by atoms with E-state index in [0.29, 0.717) is 12.5 Å². The number of likely N-dealkylation sites (N-methyl/N-ethyl adjacent to an activating group) is 1. The molecule has 1 aromatic rings. The fourth-order valence-corrected chi connectivity index (χ4v) is 2.59. The number of aliphatic hydroxyl groups excluding tert-OH is 1. The van der Waals surface area contributed by atoms with E-state index in [1.54, 1.807) is 0 Å². The molecule has 1 saturated heterocycles. The molecule has 0 spiro atoms. The second-order valence-electron chi connectivity index (χ2n) is 5.66. The molecule has 1 aliphatic rings. The number of ether oxygens (including phenoxy) is 1. The van der Waals surface area contributed by atoms with Gasteiger partial charge in [0.2, 0.25) is 0 Å². The summed E-state index contributed by atoms with van der Waals surface area (Å²) in [6, 6.07) is 8.34. The van der Waals surface area contributed by atoms with Crippen molar-refractivity contribution in [3.05, 3.63) is 35.4 Å². The number of benzene rings is 1. The van der Waals surface area contributed by atoms with Crippen molar-refractivity contribution in [2.24, 2.45) is 0 Å². The summed E-state index contributed by atoms with van der Waals surface area (Å²) < 4.78 is 5.78. The van der Waals surface area contributed by atoms with Crippen LogP contribution in [-0.2, 0) is 11.3 Å². The molecule has 0 amide bonds. The predicted molar refractivity (Wildman–Crippen MR) is 84.9 cm³/mol. The molecule has 1 atom stereocenters. The van der Waals surface area contributed by atoms with Crippen LogP contribution in [0.5, 0.6) is 0 Å². The summed E-state index contributed by atoms with van der Waals surface area (Å²) in [5, 5.41) is 8.70. The summed E-state index contributed by atoms with van der Waals surface area (Å²) in [6.07, 6.45) is 4.61. The summed E-state index contributed by atoms with van der Waals surface area (Å²) in [5.74, 6) is 5.99. The van der Waals surface area contributed by atoms with Gasteiger partial charge in [0, 0.05) is 31.7 Å². The molecule has 0 radical (unpaired) electrons. The van der Waals surface area contributed by atoms with Gasteiger partial charge in [-0.05, 0) is 44.0 Å². The van der Waals surface area contributed by atoms with Gasteiger partial charge in [-0.2, -0.15) is 0 Å². The Balaban J connectivity index is 1.80. The van der Waals surface area contributed by atoms with Crippen molar-refractivity contribution >= 4 is 0 Å². The maximum atomic E-state index is 8.70. The average Bonchev–Trinajstić information content (AvgIpc) is 2.50. The standard InChI is InChI=1S/C18H25NO2/c1-19(15-18-7-3-5-13-21-18)14-17-10-8-16(9-11-17)6-2-4-12-20/h8-11,18,20H,3-5,7,12-15H2,1H3/t18-/m0/s1. The zero-order chi connectivity index (χ0) is 14.9. The van der Waals surface area contributed by atoms with Crippen molar-refractivity contribution < 1.29 is 9.84 Å². The molecule has 114 valence electrons. The maximum absolute atomic E-state index is 8.70. The van der Waals surface area contributed by atoms with E-state index in [9.17, 15) is 0 Å². The van der Waals surface area contributed by atoms with Gasteiger partial charge >= 0.3 is 0 Å². The number of rotatable bonds is 5. The first kappa shape index (κ1) is 16.0. The lowest BCUT2D eigenvalue weighted by atomic mass is 10.1. The highest BCUT2D eigenvalue weighted by molar-refractivity contribution is 5.36. The second kappa shape index (κ2) is 8.84. The first-order valence-electron chi connectivity index (χ1n) is 7.77. The van der Waals surface area contributed by atoms with Crippen LogP contribution in [0.25, 0.3) is 0 Å². The van der Waals surface area contributed by atoms with E-state index in [2.05, 4.69) is 35.9 Å². The van der Waals surface area contributed by atoms with Gasteiger partial charge in [-0.25, -0.2) is 0 Å². The minimum atomic E-state index is 0.124. The van der Waals surface area contributed by atoms with Crippen LogP contribution in [0.2, 0.25) is 0 Å². The Bertz CT molecular complexity index is 466. The van der Waals surface area contributed by atoms with Gasteiger partial charge in [-0.1, -0.05) is 24.0 Å². The summed E-state index contributed by atoms with van der Waals surface area (Å²) in [7, 11) is 2.15. The summed E-state index contributed by atoms with van der Waals surface area (Å²) in [6.45, 7) is 2.97. The van der Waals surface area contributed by atoms with Crippen molar-refractivity contribution in [1.29, 1.82) is 0 Å². The van der Waals surface area contributed by atoms with E-state index in [-0.39, 0.29) is 6.61 Å². The molecule has 1 fully saturated rings. The number of aliphatic hydroxyl groups is 1. The smallest absolute Gasteiger partial charge is 0.0702 e. The minimum Gasteiger partial charge on any atom is -0.395 e. The normalized spacial score (nSPS) is 18.3.